The van der Waals surface area contributed by atoms with Crippen LogP contribution in [0.3, 0.4) is 0 Å². The Bertz CT molecular complexity index is 583. The first-order valence-electron chi connectivity index (χ1n) is 21.3. The molecule has 1 N–H and O–H groups in total. The molecule has 0 amide bonds. The highest BCUT2D eigenvalue weighted by atomic mass is 31.2. The van der Waals surface area contributed by atoms with Gasteiger partial charge in [-0.15, -0.1) is 0 Å². The van der Waals surface area contributed by atoms with E-state index < -0.39 is 7.75 Å². The van der Waals surface area contributed by atoms with Crippen molar-refractivity contribution in [2.75, 3.05) is 19.7 Å². The molecule has 0 fully saturated rings. The van der Waals surface area contributed by atoms with E-state index in [2.05, 4.69) is 20.8 Å². The van der Waals surface area contributed by atoms with Crippen LogP contribution in [0.4, 0.5) is 0 Å². The second-order valence-electron chi connectivity index (χ2n) is 14.6. The van der Waals surface area contributed by atoms with E-state index in [0.29, 0.717) is 19.7 Å². The number of hydrogen-bond acceptors (Lipinski definition) is 2. The lowest BCUT2D eigenvalue weighted by molar-refractivity contribution is 0.194. The fourth-order valence-corrected chi connectivity index (χ4v) is 7.99. The Hall–Kier alpha value is 0.110. The second-order valence-corrected chi connectivity index (χ2v) is 16.4. The number of unbranched alkanes of at least 4 members (excludes halogenated alkanes) is 32. The summed E-state index contributed by atoms with van der Waals surface area (Å²) in [6.07, 6.45) is 45.9. The molecule has 0 bridgehead atoms. The highest BCUT2D eigenvalue weighted by Crippen LogP contribution is 2.47. The van der Waals surface area contributed by atoms with Crippen molar-refractivity contribution in [3.63, 3.8) is 0 Å². The monoisotopic (exact) mass is 672 g/mol. The zero-order chi connectivity index (χ0) is 33.7. The lowest BCUT2D eigenvalue weighted by Gasteiger charge is -2.26. The average Bonchev–Trinajstić information content (AvgIpc) is 3.05. The van der Waals surface area contributed by atoms with Gasteiger partial charge in [0.25, 0.3) is 0 Å². The van der Waals surface area contributed by atoms with Crippen LogP contribution in [0.5, 0.6) is 0 Å². The van der Waals surface area contributed by atoms with Crippen LogP contribution in [0.25, 0.3) is 0 Å². The molecule has 1 atom stereocenters. The first-order valence-corrected chi connectivity index (χ1v) is 22.8. The van der Waals surface area contributed by atoms with Crippen molar-refractivity contribution < 1.29 is 14.0 Å². The van der Waals surface area contributed by atoms with Gasteiger partial charge in [-0.05, 0) is 19.3 Å². The lowest BCUT2D eigenvalue weighted by Crippen LogP contribution is -2.24. The normalized spacial score (nSPS) is 13.2. The summed E-state index contributed by atoms with van der Waals surface area (Å²) in [6, 6.07) is 0. The summed E-state index contributed by atoms with van der Waals surface area (Å²) in [4.78, 5) is 10.9. The molecule has 1 unspecified atom stereocenters. The quantitative estimate of drug-likeness (QED) is 0.0520. The summed E-state index contributed by atoms with van der Waals surface area (Å²) in [5.41, 5.74) is 0. The molecular weight excluding hydrogens is 585 g/mol. The van der Waals surface area contributed by atoms with Crippen molar-refractivity contribution in [1.29, 1.82) is 0 Å². The van der Waals surface area contributed by atoms with E-state index in [4.69, 9.17) is 4.52 Å². The number of nitrogens with zero attached hydrogens (tertiary/aromatic N) is 1. The van der Waals surface area contributed by atoms with Gasteiger partial charge in [0.1, 0.15) is 0 Å². The summed E-state index contributed by atoms with van der Waals surface area (Å²) in [6.45, 7) is 8.59. The number of hydrogen-bond donors (Lipinski definition) is 1. The van der Waals surface area contributed by atoms with Crippen LogP contribution in [0.2, 0.25) is 0 Å². The molecule has 0 heterocycles. The summed E-state index contributed by atoms with van der Waals surface area (Å²) < 4.78 is 20.7. The Morgan fingerprint density at radius 3 is 0.848 bits per heavy atom. The summed E-state index contributed by atoms with van der Waals surface area (Å²) in [5, 5.41) is 0. The van der Waals surface area contributed by atoms with E-state index in [1.165, 1.54) is 186 Å². The minimum atomic E-state index is -3.70. The maximum absolute atomic E-state index is 13.2. The van der Waals surface area contributed by atoms with E-state index >= 15 is 0 Å². The van der Waals surface area contributed by atoms with Crippen molar-refractivity contribution in [2.45, 2.75) is 245 Å². The van der Waals surface area contributed by atoms with E-state index in [1.807, 2.05) is 4.67 Å². The third kappa shape index (κ3) is 34.0. The molecule has 5 heteroatoms. The minimum absolute atomic E-state index is 0.408. The number of rotatable bonds is 40. The molecule has 0 spiro atoms. The van der Waals surface area contributed by atoms with Gasteiger partial charge >= 0.3 is 7.75 Å². The zero-order valence-corrected chi connectivity index (χ0v) is 32.9. The SMILES string of the molecule is CCCCCCCCCCCCCCCCCN(CCCCCCCCCCCCCCCCC)P(=O)(O)OCCCCCCC. The van der Waals surface area contributed by atoms with Gasteiger partial charge in [0.15, 0.2) is 0 Å². The van der Waals surface area contributed by atoms with Crippen LogP contribution < -0.4 is 0 Å². The molecule has 278 valence electrons. The molecular formula is C41H86NO3P. The minimum Gasteiger partial charge on any atom is -0.312 e. The fraction of sp³-hybridized carbons (Fsp3) is 1.00. The van der Waals surface area contributed by atoms with Gasteiger partial charge in [-0.3, -0.25) is 4.52 Å². The van der Waals surface area contributed by atoms with Gasteiger partial charge in [0, 0.05) is 13.1 Å². The largest absolute Gasteiger partial charge is 0.405 e. The van der Waals surface area contributed by atoms with Crippen LogP contribution in [0.1, 0.15) is 245 Å². The predicted molar refractivity (Wildman–Crippen MR) is 206 cm³/mol. The summed E-state index contributed by atoms with van der Waals surface area (Å²) in [7, 11) is -3.70. The summed E-state index contributed by atoms with van der Waals surface area (Å²) in [5.74, 6) is 0. The molecule has 0 saturated carbocycles. The third-order valence-electron chi connectivity index (χ3n) is 9.90. The fourth-order valence-electron chi connectivity index (χ4n) is 6.67. The van der Waals surface area contributed by atoms with Crippen molar-refractivity contribution in [1.82, 2.24) is 4.67 Å². The second kappa shape index (κ2) is 37.9. The Kier molecular flexibility index (Phi) is 38.0. The molecule has 0 aromatic rings. The molecule has 0 aromatic heterocycles. The van der Waals surface area contributed by atoms with E-state index in [-0.39, 0.29) is 0 Å². The van der Waals surface area contributed by atoms with Gasteiger partial charge in [-0.25, -0.2) is 9.24 Å². The van der Waals surface area contributed by atoms with Crippen LogP contribution in [-0.4, -0.2) is 29.3 Å². The maximum Gasteiger partial charge on any atom is 0.405 e. The topological polar surface area (TPSA) is 49.8 Å². The molecule has 0 radical (unpaired) electrons. The predicted octanol–water partition coefficient (Wildman–Crippen LogP) is 15.1. The van der Waals surface area contributed by atoms with E-state index in [9.17, 15) is 9.46 Å². The van der Waals surface area contributed by atoms with E-state index in [1.54, 1.807) is 0 Å². The van der Waals surface area contributed by atoms with Crippen molar-refractivity contribution in [2.24, 2.45) is 0 Å². The Morgan fingerprint density at radius 1 is 0.370 bits per heavy atom. The maximum atomic E-state index is 13.2. The molecule has 4 nitrogen and oxygen atoms in total. The van der Waals surface area contributed by atoms with Gasteiger partial charge in [0.05, 0.1) is 6.61 Å². The van der Waals surface area contributed by atoms with Crippen molar-refractivity contribution >= 4 is 7.75 Å². The van der Waals surface area contributed by atoms with Gasteiger partial charge in [0.2, 0.25) is 0 Å². The Labute approximate surface area is 291 Å². The Balaban J connectivity index is 4.06. The van der Waals surface area contributed by atoms with Gasteiger partial charge in [-0.2, -0.15) is 0 Å². The van der Waals surface area contributed by atoms with Crippen LogP contribution >= 0.6 is 7.75 Å². The molecule has 0 saturated heterocycles. The van der Waals surface area contributed by atoms with Crippen LogP contribution in [-0.2, 0) is 9.09 Å². The van der Waals surface area contributed by atoms with Crippen molar-refractivity contribution in [3.8, 4) is 0 Å². The third-order valence-corrected chi connectivity index (χ3v) is 11.5. The van der Waals surface area contributed by atoms with E-state index in [0.717, 1.165) is 38.5 Å². The first kappa shape index (κ1) is 46.1. The van der Waals surface area contributed by atoms with Gasteiger partial charge < -0.3 is 4.89 Å². The first-order chi connectivity index (χ1) is 22.6. The Morgan fingerprint density at radius 2 is 0.587 bits per heavy atom. The summed E-state index contributed by atoms with van der Waals surface area (Å²) >= 11 is 0. The zero-order valence-electron chi connectivity index (χ0n) is 32.0. The molecule has 0 aliphatic heterocycles. The average molecular weight is 672 g/mol. The smallest absolute Gasteiger partial charge is 0.312 e. The molecule has 0 aliphatic rings. The highest BCUT2D eigenvalue weighted by Gasteiger charge is 2.28. The molecule has 0 aliphatic carbocycles. The van der Waals surface area contributed by atoms with Crippen molar-refractivity contribution in [3.05, 3.63) is 0 Å². The molecule has 0 rings (SSSR count). The molecule has 0 aromatic carbocycles. The van der Waals surface area contributed by atoms with Gasteiger partial charge in [-0.1, -0.05) is 226 Å². The molecule has 46 heavy (non-hydrogen) atoms. The standard InChI is InChI=1S/C41H86NO3P/c1-4-7-10-13-15-17-19-21-23-25-27-29-31-33-36-39-42(46(43,44)45-41-38-35-12-9-6-3)40-37-34-32-30-28-26-24-22-20-18-16-14-11-8-5-2/h4-41H2,1-3H3,(H,43,44). The van der Waals surface area contributed by atoms with Crippen LogP contribution in [0, 0.1) is 0 Å². The van der Waals surface area contributed by atoms with Crippen LogP contribution in [0.15, 0.2) is 0 Å². The lowest BCUT2D eigenvalue weighted by atomic mass is 10.0. The highest BCUT2D eigenvalue weighted by molar-refractivity contribution is 7.50.